The van der Waals surface area contributed by atoms with E-state index in [4.69, 9.17) is 4.74 Å². The minimum Gasteiger partial charge on any atom is -0.478 e. The minimum absolute atomic E-state index is 0.0423. The van der Waals surface area contributed by atoms with Crippen LogP contribution in [0.3, 0.4) is 0 Å². The number of hydrogen-bond acceptors (Lipinski definition) is 6. The average Bonchev–Trinajstić information content (AvgIpc) is 2.98. The maximum absolute atomic E-state index is 13.0. The zero-order valence-electron chi connectivity index (χ0n) is 16.1. The summed E-state index contributed by atoms with van der Waals surface area (Å²) in [5.74, 6) is -1.74. The maximum atomic E-state index is 13.0. The molecule has 9 nitrogen and oxygen atoms in total. The van der Waals surface area contributed by atoms with Gasteiger partial charge in [0.05, 0.1) is 27.3 Å². The summed E-state index contributed by atoms with van der Waals surface area (Å²) in [7, 11) is 0. The molecule has 154 valence electrons. The normalized spacial score (nSPS) is 12.6. The summed E-state index contributed by atoms with van der Waals surface area (Å²) in [4.78, 5) is 48.3. The van der Waals surface area contributed by atoms with Gasteiger partial charge in [0.1, 0.15) is 11.5 Å². The zero-order chi connectivity index (χ0) is 22.3. The van der Waals surface area contributed by atoms with Gasteiger partial charge in [0.15, 0.2) is 0 Å². The van der Waals surface area contributed by atoms with Crippen molar-refractivity contribution in [2.75, 3.05) is 4.90 Å². The lowest BCUT2D eigenvalue weighted by molar-refractivity contribution is -0.384. The smallest absolute Gasteiger partial charge is 0.335 e. The highest BCUT2D eigenvalue weighted by Gasteiger charge is 2.38. The second kappa shape index (κ2) is 7.38. The zero-order valence-corrected chi connectivity index (χ0v) is 16.1. The van der Waals surface area contributed by atoms with Crippen LogP contribution < -0.4 is 9.64 Å². The largest absolute Gasteiger partial charge is 0.478 e. The molecule has 1 aliphatic heterocycles. The number of carbonyl (C=O) groups is 3. The molecule has 1 aliphatic rings. The third-order valence-corrected chi connectivity index (χ3v) is 4.84. The van der Waals surface area contributed by atoms with Gasteiger partial charge < -0.3 is 9.84 Å². The van der Waals surface area contributed by atoms with Crippen molar-refractivity contribution in [1.82, 2.24) is 0 Å². The molecule has 0 radical (unpaired) electrons. The summed E-state index contributed by atoms with van der Waals surface area (Å²) < 4.78 is 5.65. The molecule has 2 amide bonds. The summed E-state index contributed by atoms with van der Waals surface area (Å²) in [6, 6.07) is 14.0. The van der Waals surface area contributed by atoms with Crippen LogP contribution in [-0.4, -0.2) is 27.8 Å². The number of non-ortho nitro benzene ring substituents is 1. The molecule has 1 N–H and O–H groups in total. The Hall–Kier alpha value is -4.53. The monoisotopic (exact) mass is 418 g/mol. The van der Waals surface area contributed by atoms with Crippen molar-refractivity contribution in [2.24, 2.45) is 0 Å². The number of nitro benzene ring substituents is 1. The van der Waals surface area contributed by atoms with Crippen LogP contribution in [0.5, 0.6) is 11.5 Å². The molecule has 9 heteroatoms. The number of nitro groups is 1. The van der Waals surface area contributed by atoms with E-state index in [-0.39, 0.29) is 33.8 Å². The Labute approximate surface area is 175 Å². The van der Waals surface area contributed by atoms with Crippen molar-refractivity contribution in [2.45, 2.75) is 6.92 Å². The lowest BCUT2D eigenvalue weighted by Gasteiger charge is -2.17. The second-order valence-electron chi connectivity index (χ2n) is 6.81. The first-order valence-corrected chi connectivity index (χ1v) is 9.05. The first-order chi connectivity index (χ1) is 14.8. The predicted molar refractivity (Wildman–Crippen MR) is 109 cm³/mol. The molecule has 31 heavy (non-hydrogen) atoms. The number of benzene rings is 3. The van der Waals surface area contributed by atoms with E-state index in [1.165, 1.54) is 60.7 Å². The number of aromatic carboxylic acids is 1. The van der Waals surface area contributed by atoms with Crippen LogP contribution in [0.1, 0.15) is 36.6 Å². The molecule has 0 aromatic heterocycles. The number of ether oxygens (including phenoxy) is 1. The number of hydrogen-bond donors (Lipinski definition) is 1. The number of nitrogens with zero attached hydrogens (tertiary/aromatic N) is 2. The summed E-state index contributed by atoms with van der Waals surface area (Å²) >= 11 is 0. The summed E-state index contributed by atoms with van der Waals surface area (Å²) in [6.45, 7) is 1.67. The number of fused-ring (bicyclic) bond motifs is 1. The van der Waals surface area contributed by atoms with Gasteiger partial charge in [-0.25, -0.2) is 9.69 Å². The fourth-order valence-corrected chi connectivity index (χ4v) is 3.26. The number of aryl methyl sites for hydroxylation is 1. The number of rotatable bonds is 5. The Morgan fingerprint density at radius 2 is 1.58 bits per heavy atom. The quantitative estimate of drug-likeness (QED) is 0.374. The standard InChI is InChI=1S/C22H14N2O7/c1-12-2-3-13(22(27)28)10-19(12)23-20(25)17-9-8-16(11-18(17)21(23)26)31-15-6-4-14(5-7-15)24(29)30/h2-11H,1H3,(H,27,28). The van der Waals surface area contributed by atoms with E-state index in [2.05, 4.69) is 0 Å². The number of carbonyl (C=O) groups excluding carboxylic acids is 2. The van der Waals surface area contributed by atoms with Gasteiger partial charge >= 0.3 is 5.97 Å². The topological polar surface area (TPSA) is 127 Å². The molecule has 0 spiro atoms. The number of anilines is 1. The Balaban J connectivity index is 1.65. The predicted octanol–water partition coefficient (Wildman–Crippen LogP) is 4.19. The fraction of sp³-hybridized carbons (Fsp3) is 0.0455. The maximum Gasteiger partial charge on any atom is 0.335 e. The number of carboxylic acid groups (broad SMARTS) is 1. The molecule has 0 aliphatic carbocycles. The molecule has 0 fully saturated rings. The molecule has 0 unspecified atom stereocenters. The third-order valence-electron chi connectivity index (χ3n) is 4.84. The summed E-state index contributed by atoms with van der Waals surface area (Å²) in [5.41, 5.74) is 0.924. The average molecular weight is 418 g/mol. The van der Waals surface area contributed by atoms with E-state index >= 15 is 0 Å². The van der Waals surface area contributed by atoms with E-state index in [9.17, 15) is 29.6 Å². The van der Waals surface area contributed by atoms with Gasteiger partial charge in [-0.3, -0.25) is 19.7 Å². The molecule has 0 atom stereocenters. The Morgan fingerprint density at radius 3 is 2.23 bits per heavy atom. The molecular formula is C22H14N2O7. The molecule has 1 heterocycles. The highest BCUT2D eigenvalue weighted by atomic mass is 16.6. The van der Waals surface area contributed by atoms with E-state index < -0.39 is 22.7 Å². The fourth-order valence-electron chi connectivity index (χ4n) is 3.26. The van der Waals surface area contributed by atoms with E-state index in [1.54, 1.807) is 6.92 Å². The van der Waals surface area contributed by atoms with Crippen LogP contribution in [0.25, 0.3) is 0 Å². The van der Waals surface area contributed by atoms with Crippen molar-refractivity contribution in [1.29, 1.82) is 0 Å². The molecule has 0 saturated heterocycles. The van der Waals surface area contributed by atoms with Crippen LogP contribution in [0.2, 0.25) is 0 Å². The van der Waals surface area contributed by atoms with Crippen LogP contribution in [0.4, 0.5) is 11.4 Å². The molecule has 3 aromatic carbocycles. The summed E-state index contributed by atoms with van der Waals surface area (Å²) in [5, 5.41) is 20.0. The van der Waals surface area contributed by atoms with Gasteiger partial charge in [0.2, 0.25) is 0 Å². The lowest BCUT2D eigenvalue weighted by atomic mass is 10.1. The summed E-state index contributed by atoms with van der Waals surface area (Å²) in [6.07, 6.45) is 0. The molecule has 0 bridgehead atoms. The van der Waals surface area contributed by atoms with Crippen LogP contribution in [0, 0.1) is 17.0 Å². The van der Waals surface area contributed by atoms with Gasteiger partial charge in [0.25, 0.3) is 17.5 Å². The van der Waals surface area contributed by atoms with Crippen LogP contribution in [0.15, 0.2) is 60.7 Å². The van der Waals surface area contributed by atoms with Crippen LogP contribution >= 0.6 is 0 Å². The van der Waals surface area contributed by atoms with E-state index in [1.807, 2.05) is 0 Å². The number of amides is 2. The van der Waals surface area contributed by atoms with E-state index in [0.29, 0.717) is 11.3 Å². The highest BCUT2D eigenvalue weighted by molar-refractivity contribution is 6.34. The first kappa shape index (κ1) is 19.8. The van der Waals surface area contributed by atoms with Crippen LogP contribution in [-0.2, 0) is 0 Å². The first-order valence-electron chi connectivity index (χ1n) is 9.05. The van der Waals surface area contributed by atoms with Gasteiger partial charge in [-0.1, -0.05) is 6.07 Å². The number of carboxylic acids is 1. The highest BCUT2D eigenvalue weighted by Crippen LogP contribution is 2.34. The number of imide groups is 1. The third kappa shape index (κ3) is 3.48. The van der Waals surface area contributed by atoms with Crippen molar-refractivity contribution < 1.29 is 29.2 Å². The van der Waals surface area contributed by atoms with Crippen molar-refractivity contribution in [3.8, 4) is 11.5 Å². The SMILES string of the molecule is Cc1ccc(C(=O)O)cc1N1C(=O)c2ccc(Oc3ccc([N+](=O)[O-])cc3)cc2C1=O. The molecule has 3 aromatic rings. The van der Waals surface area contributed by atoms with Crippen molar-refractivity contribution in [3.63, 3.8) is 0 Å². The minimum atomic E-state index is -1.17. The Morgan fingerprint density at radius 1 is 0.935 bits per heavy atom. The Bertz CT molecular complexity index is 1270. The van der Waals surface area contributed by atoms with Crippen molar-refractivity contribution in [3.05, 3.63) is 93.0 Å². The lowest BCUT2D eigenvalue weighted by Crippen LogP contribution is -2.30. The van der Waals surface area contributed by atoms with E-state index in [0.717, 1.165) is 4.90 Å². The van der Waals surface area contributed by atoms with Gasteiger partial charge in [-0.05, 0) is 55.0 Å². The molecule has 0 saturated carbocycles. The van der Waals surface area contributed by atoms with Crippen molar-refractivity contribution >= 4 is 29.2 Å². The molecular weight excluding hydrogens is 404 g/mol. The van der Waals surface area contributed by atoms with Gasteiger partial charge in [-0.2, -0.15) is 0 Å². The van der Waals surface area contributed by atoms with Gasteiger partial charge in [0, 0.05) is 12.1 Å². The van der Waals surface area contributed by atoms with Gasteiger partial charge in [-0.15, -0.1) is 0 Å². The molecule has 4 rings (SSSR count). The Kier molecular flexibility index (Phi) is 4.70. The second-order valence-corrected chi connectivity index (χ2v) is 6.81.